The molecular formula is C28H36FeN4P2. The Hall–Kier alpha value is -0.461. The second kappa shape index (κ2) is 2.40. The van der Waals surface area contributed by atoms with Crippen molar-refractivity contribution in [1.29, 1.82) is 0 Å². The number of hydrogen-bond donors (Lipinski definition) is 0. The fraction of sp³-hybridized carbons (Fsp3) is 0.714. The topological polar surface area (TPSA) is 51.6 Å². The molecular weight excluding hydrogens is 510 g/mol. The molecule has 186 valence electrons. The molecule has 10 aliphatic rings. The van der Waals surface area contributed by atoms with E-state index in [0.717, 1.165) is 40.5 Å². The maximum absolute atomic E-state index is 5.08. The molecule has 10 aliphatic heterocycles. The van der Waals surface area contributed by atoms with E-state index in [1.165, 1.54) is 6.16 Å². The molecule has 2 aromatic heterocycles. The van der Waals surface area contributed by atoms with Gasteiger partial charge in [-0.15, -0.1) is 0 Å². The Kier molecular flexibility index (Phi) is 1.29. The number of hydrogen-bond acceptors (Lipinski definition) is 4. The predicted molar refractivity (Wildman–Crippen MR) is 141 cm³/mol. The van der Waals surface area contributed by atoms with E-state index in [-0.39, 0.29) is 5.41 Å². The van der Waals surface area contributed by atoms with E-state index in [1.807, 2.05) is 36.9 Å². The average Bonchev–Trinajstić information content (AvgIpc) is 3.77. The molecule has 10 fully saturated rings. The van der Waals surface area contributed by atoms with Crippen molar-refractivity contribution in [3.63, 3.8) is 0 Å². The molecule has 0 N–H and O–H groups in total. The summed E-state index contributed by atoms with van der Waals surface area (Å²) < 4.78 is 1.92. The molecule has 12 rings (SSSR count). The zero-order chi connectivity index (χ0) is 24.2. The zero-order valence-electron chi connectivity index (χ0n) is 21.4. The van der Waals surface area contributed by atoms with Gasteiger partial charge in [-0.05, 0) is 0 Å². The van der Waals surface area contributed by atoms with Crippen molar-refractivity contribution in [2.75, 3.05) is 6.16 Å². The molecule has 10 saturated heterocycles. The van der Waals surface area contributed by atoms with Gasteiger partial charge in [0.25, 0.3) is 0 Å². The van der Waals surface area contributed by atoms with Gasteiger partial charge in [-0.3, -0.25) is 0 Å². The SMILES string of the molecule is CC(C)(C)[C]12[CH]3[C]4(CP)[C]5(C(P)(c6ncccn6)c6ncccn6)[C]1(C(C)(C)C)[Fe]34251678[CH]2[CH]1[CH]6[CH]7[CH]28. The Morgan fingerprint density at radius 3 is 1.49 bits per heavy atom. The summed E-state index contributed by atoms with van der Waals surface area (Å²) in [6.45, 7) is 11.5. The molecule has 7 atom stereocenters. The molecule has 0 saturated carbocycles. The minimum atomic E-state index is -4.40. The molecule has 0 aromatic carbocycles. The second-order valence-electron chi connectivity index (χ2n) is 17.7. The molecule has 0 radical (unpaired) electrons. The summed E-state index contributed by atoms with van der Waals surface area (Å²) in [6, 6.07) is 3.95. The van der Waals surface area contributed by atoms with E-state index in [4.69, 9.17) is 19.9 Å². The van der Waals surface area contributed by atoms with Crippen LogP contribution >= 0.6 is 18.5 Å². The summed E-state index contributed by atoms with van der Waals surface area (Å²) in [5.41, 5.74) is 0.642. The number of fused-ring (bicyclic) bond motifs is 10. The van der Waals surface area contributed by atoms with E-state index in [9.17, 15) is 0 Å². The van der Waals surface area contributed by atoms with Gasteiger partial charge >= 0.3 is 203 Å². The van der Waals surface area contributed by atoms with Crippen LogP contribution in [-0.2, 0) is 11.7 Å². The minimum absolute atomic E-state index is 0.276. The third kappa shape index (κ3) is 0.342. The molecule has 2 aromatic rings. The summed E-state index contributed by atoms with van der Waals surface area (Å²) in [6.07, 6.45) is 9.15. The average molecular weight is 546 g/mol. The van der Waals surface area contributed by atoms with E-state index in [1.54, 1.807) is 0 Å². The molecule has 0 aliphatic carbocycles. The first kappa shape index (κ1) is 18.7. The van der Waals surface area contributed by atoms with Gasteiger partial charge in [-0.25, -0.2) is 0 Å². The zero-order valence-corrected chi connectivity index (χ0v) is 24.8. The summed E-state index contributed by atoms with van der Waals surface area (Å²) in [7, 11) is 6.84. The Balaban J connectivity index is 1.37. The maximum atomic E-state index is 5.08. The van der Waals surface area contributed by atoms with Crippen LogP contribution in [0.2, 0.25) is 46.2 Å². The van der Waals surface area contributed by atoms with Crippen LogP contribution in [0.3, 0.4) is 0 Å². The second-order valence-corrected chi connectivity index (χ2v) is 41.6. The van der Waals surface area contributed by atoms with Crippen molar-refractivity contribution in [3.05, 3.63) is 48.6 Å². The summed E-state index contributed by atoms with van der Waals surface area (Å²) in [5.74, 6) is 1.96. The van der Waals surface area contributed by atoms with E-state index < -0.39 is 11.7 Å². The van der Waals surface area contributed by atoms with E-state index >= 15 is 0 Å². The number of rotatable bonds is 4. The number of nitrogens with zero attached hydrogens (tertiary/aromatic N) is 4. The Morgan fingerprint density at radius 1 is 0.743 bits per heavy atom. The van der Waals surface area contributed by atoms with Gasteiger partial charge in [0, 0.05) is 0 Å². The van der Waals surface area contributed by atoms with Gasteiger partial charge in [0.1, 0.15) is 0 Å². The Morgan fingerprint density at radius 2 is 1.17 bits per heavy atom. The third-order valence-corrected chi connectivity index (χ3v) is 68.0. The monoisotopic (exact) mass is 546 g/mol. The van der Waals surface area contributed by atoms with E-state index in [0.29, 0.717) is 22.7 Å². The first-order valence-corrected chi connectivity index (χ1v) is 20.9. The number of aromatic nitrogens is 4. The van der Waals surface area contributed by atoms with Crippen molar-refractivity contribution in [2.45, 2.75) is 92.9 Å². The molecule has 0 amide bonds. The van der Waals surface area contributed by atoms with Gasteiger partial charge in [-0.1, -0.05) is 0 Å². The molecule has 4 nitrogen and oxygen atoms in total. The third-order valence-electron chi connectivity index (χ3n) is 20.3. The predicted octanol–water partition coefficient (Wildman–Crippen LogP) is 7.22. The van der Waals surface area contributed by atoms with Gasteiger partial charge in [0.05, 0.1) is 0 Å². The van der Waals surface area contributed by atoms with Crippen molar-refractivity contribution in [3.8, 4) is 0 Å². The van der Waals surface area contributed by atoms with E-state index in [2.05, 4.69) is 60.0 Å². The van der Waals surface area contributed by atoms with Gasteiger partial charge in [0.2, 0.25) is 0 Å². The van der Waals surface area contributed by atoms with Crippen molar-refractivity contribution < 1.29 is 6.51 Å². The molecule has 7 unspecified atom stereocenters. The summed E-state index contributed by atoms with van der Waals surface area (Å²) >= 11 is 0. The van der Waals surface area contributed by atoms with Crippen LogP contribution in [0.4, 0.5) is 0 Å². The van der Waals surface area contributed by atoms with Gasteiger partial charge in [0.15, 0.2) is 0 Å². The summed E-state index contributed by atoms with van der Waals surface area (Å²) in [5, 5.41) is -0.392. The normalized spacial score (nSPS) is 71.8. The fourth-order valence-corrected chi connectivity index (χ4v) is 120. The molecule has 35 heavy (non-hydrogen) atoms. The molecule has 12 heterocycles. The van der Waals surface area contributed by atoms with Crippen molar-refractivity contribution >= 4 is 18.5 Å². The molecule has 0 bridgehead atoms. The Labute approximate surface area is 202 Å². The van der Waals surface area contributed by atoms with Crippen molar-refractivity contribution in [2.24, 2.45) is 10.8 Å². The first-order chi connectivity index (χ1) is 16.2. The Bertz CT molecular complexity index is 1840. The van der Waals surface area contributed by atoms with Crippen LogP contribution in [0.15, 0.2) is 36.9 Å². The standard InChI is InChI=1S/C23H31N4P2.C5H5.Fe/c1-21(2,3)16-13-15(14-28)17(18(16)22(4,5)6)23(29,19-24-9-7-10-25-19)20-26-11-8-12-27-20;1-2-4-5-3-1;/h7-13H,14,28-29H2,1-6H3;1-5H;. The first-order valence-electron chi connectivity index (χ1n) is 13.5. The fourth-order valence-electron chi connectivity index (χ4n) is 25.4. The van der Waals surface area contributed by atoms with Crippen LogP contribution in [0, 0.1) is 10.8 Å². The van der Waals surface area contributed by atoms with Crippen LogP contribution in [-0.4, -0.2) is 26.1 Å². The van der Waals surface area contributed by atoms with Crippen LogP contribution < -0.4 is 0 Å². The van der Waals surface area contributed by atoms with Gasteiger partial charge in [-0.2, -0.15) is 0 Å². The molecule has 1 spiro atoms. The van der Waals surface area contributed by atoms with Gasteiger partial charge < -0.3 is 0 Å². The van der Waals surface area contributed by atoms with Crippen LogP contribution in [0.25, 0.3) is 0 Å². The summed E-state index contributed by atoms with van der Waals surface area (Å²) in [4.78, 5) is 26.9. The quantitative estimate of drug-likeness (QED) is 0.300. The van der Waals surface area contributed by atoms with Crippen LogP contribution in [0.5, 0.6) is 0 Å². The molecule has 7 heteroatoms. The van der Waals surface area contributed by atoms with Crippen molar-refractivity contribution in [1.82, 2.24) is 19.9 Å². The van der Waals surface area contributed by atoms with Crippen LogP contribution in [0.1, 0.15) is 53.2 Å².